The van der Waals surface area contributed by atoms with Crippen LogP contribution in [0.3, 0.4) is 0 Å². The van der Waals surface area contributed by atoms with E-state index in [1.165, 1.54) is 0 Å². The highest BCUT2D eigenvalue weighted by Crippen LogP contribution is 2.40. The van der Waals surface area contributed by atoms with E-state index in [-0.39, 0.29) is 24.0 Å². The van der Waals surface area contributed by atoms with Crippen LogP contribution in [0.1, 0.15) is 19.3 Å². The standard InChI is InChI=1S/C13H20N2O4/c1-14-11(8-2-4-19-5-3-8)7-15(13(14)18)10-6-9(10)12(16)17/h8-11H,2-7H2,1H3,(H,16,17). The molecule has 0 spiro atoms. The lowest BCUT2D eigenvalue weighted by Gasteiger charge is -2.30. The Morgan fingerprint density at radius 1 is 1.32 bits per heavy atom. The van der Waals surface area contributed by atoms with Crippen LogP contribution < -0.4 is 0 Å². The fourth-order valence-corrected chi connectivity index (χ4v) is 3.38. The first kappa shape index (κ1) is 12.7. The second kappa shape index (κ2) is 4.67. The van der Waals surface area contributed by atoms with Crippen LogP contribution in [0, 0.1) is 11.8 Å². The topological polar surface area (TPSA) is 70.1 Å². The van der Waals surface area contributed by atoms with Crippen LogP contribution in [-0.2, 0) is 9.53 Å². The summed E-state index contributed by atoms with van der Waals surface area (Å²) in [5.41, 5.74) is 0. The molecular formula is C13H20N2O4. The maximum atomic E-state index is 12.2. The maximum Gasteiger partial charge on any atom is 0.320 e. The van der Waals surface area contributed by atoms with E-state index in [1.807, 2.05) is 7.05 Å². The van der Waals surface area contributed by atoms with Crippen LogP contribution >= 0.6 is 0 Å². The number of carboxylic acids is 1. The zero-order valence-corrected chi connectivity index (χ0v) is 11.1. The molecule has 19 heavy (non-hydrogen) atoms. The van der Waals surface area contributed by atoms with Crippen LogP contribution in [0.2, 0.25) is 0 Å². The van der Waals surface area contributed by atoms with Crippen molar-refractivity contribution in [1.29, 1.82) is 0 Å². The maximum absolute atomic E-state index is 12.2. The Labute approximate surface area is 112 Å². The van der Waals surface area contributed by atoms with Crippen LogP contribution in [0.15, 0.2) is 0 Å². The lowest BCUT2D eigenvalue weighted by molar-refractivity contribution is -0.138. The second-order valence-electron chi connectivity index (χ2n) is 5.81. The molecule has 3 fully saturated rings. The molecule has 0 bridgehead atoms. The van der Waals surface area contributed by atoms with Crippen molar-refractivity contribution in [3.8, 4) is 0 Å². The summed E-state index contributed by atoms with van der Waals surface area (Å²) in [6, 6.07) is 0.119. The molecule has 2 amide bonds. The fraction of sp³-hybridized carbons (Fsp3) is 0.846. The largest absolute Gasteiger partial charge is 0.481 e. The molecule has 0 radical (unpaired) electrons. The number of ether oxygens (including phenoxy) is 1. The van der Waals surface area contributed by atoms with Gasteiger partial charge in [0.05, 0.1) is 12.0 Å². The summed E-state index contributed by atoms with van der Waals surface area (Å²) in [4.78, 5) is 26.7. The Balaban J connectivity index is 1.66. The van der Waals surface area contributed by atoms with Crippen molar-refractivity contribution in [2.75, 3.05) is 26.8 Å². The van der Waals surface area contributed by atoms with E-state index in [0.717, 1.165) is 26.1 Å². The van der Waals surface area contributed by atoms with Gasteiger partial charge >= 0.3 is 12.0 Å². The van der Waals surface area contributed by atoms with Crippen molar-refractivity contribution in [1.82, 2.24) is 9.80 Å². The predicted molar refractivity (Wildman–Crippen MR) is 66.7 cm³/mol. The number of carboxylic acid groups (broad SMARTS) is 1. The van der Waals surface area contributed by atoms with Crippen molar-refractivity contribution in [2.24, 2.45) is 11.8 Å². The molecule has 2 aliphatic heterocycles. The van der Waals surface area contributed by atoms with Crippen molar-refractivity contribution < 1.29 is 19.4 Å². The molecule has 3 aliphatic rings. The molecule has 6 heteroatoms. The zero-order chi connectivity index (χ0) is 13.6. The minimum Gasteiger partial charge on any atom is -0.481 e. The molecular weight excluding hydrogens is 248 g/mol. The van der Waals surface area contributed by atoms with Crippen LogP contribution in [0.25, 0.3) is 0 Å². The molecule has 3 atom stereocenters. The van der Waals surface area contributed by atoms with Gasteiger partial charge in [0.15, 0.2) is 0 Å². The van der Waals surface area contributed by atoms with Crippen molar-refractivity contribution in [2.45, 2.75) is 31.3 Å². The van der Waals surface area contributed by atoms with Gasteiger partial charge in [0.1, 0.15) is 0 Å². The van der Waals surface area contributed by atoms with Gasteiger partial charge in [0.25, 0.3) is 0 Å². The average Bonchev–Trinajstić information content (AvgIpc) is 3.15. The third kappa shape index (κ3) is 2.18. The number of urea groups is 1. The molecule has 1 N–H and O–H groups in total. The van der Waals surface area contributed by atoms with Crippen molar-refractivity contribution >= 4 is 12.0 Å². The molecule has 0 aromatic rings. The molecule has 2 heterocycles. The third-order valence-electron chi connectivity index (χ3n) is 4.71. The number of carbonyl (C=O) groups excluding carboxylic acids is 1. The number of carbonyl (C=O) groups is 2. The summed E-state index contributed by atoms with van der Waals surface area (Å²) >= 11 is 0. The van der Waals surface area contributed by atoms with Gasteiger partial charge in [-0.2, -0.15) is 0 Å². The Morgan fingerprint density at radius 3 is 2.58 bits per heavy atom. The summed E-state index contributed by atoms with van der Waals surface area (Å²) in [5.74, 6) is -0.657. The SMILES string of the molecule is CN1C(=O)N(C2CC2C(=O)O)CC1C1CCOCC1. The first-order chi connectivity index (χ1) is 9.09. The summed E-state index contributed by atoms with van der Waals surface area (Å²) in [6.45, 7) is 2.21. The summed E-state index contributed by atoms with van der Waals surface area (Å²) in [7, 11) is 1.83. The fourth-order valence-electron chi connectivity index (χ4n) is 3.38. The minimum atomic E-state index is -0.782. The number of likely N-dealkylation sites (N-methyl/N-ethyl adjacent to an activating group) is 1. The summed E-state index contributed by atoms with van der Waals surface area (Å²) < 4.78 is 5.36. The number of aliphatic carboxylic acids is 1. The monoisotopic (exact) mass is 268 g/mol. The summed E-state index contributed by atoms with van der Waals surface area (Å²) in [5, 5.41) is 8.98. The molecule has 3 rings (SSSR count). The molecule has 1 aliphatic carbocycles. The molecule has 2 saturated heterocycles. The van der Waals surface area contributed by atoms with Gasteiger partial charge in [0, 0.05) is 32.8 Å². The van der Waals surface area contributed by atoms with E-state index < -0.39 is 5.97 Å². The average molecular weight is 268 g/mol. The van der Waals surface area contributed by atoms with E-state index in [9.17, 15) is 9.59 Å². The number of rotatable bonds is 3. The van der Waals surface area contributed by atoms with Gasteiger partial charge in [-0.3, -0.25) is 4.79 Å². The molecule has 3 unspecified atom stereocenters. The lowest BCUT2D eigenvalue weighted by Crippen LogP contribution is -2.38. The normalized spacial score (nSPS) is 35.8. The second-order valence-corrected chi connectivity index (χ2v) is 5.81. The van der Waals surface area contributed by atoms with Crippen molar-refractivity contribution in [3.63, 3.8) is 0 Å². The minimum absolute atomic E-state index is 0.00904. The van der Waals surface area contributed by atoms with Gasteiger partial charge in [-0.25, -0.2) is 4.79 Å². The Hall–Kier alpha value is -1.30. The highest BCUT2D eigenvalue weighted by atomic mass is 16.5. The quantitative estimate of drug-likeness (QED) is 0.814. The zero-order valence-electron chi connectivity index (χ0n) is 11.1. The van der Waals surface area contributed by atoms with E-state index >= 15 is 0 Å². The van der Waals surface area contributed by atoms with Gasteiger partial charge in [-0.1, -0.05) is 0 Å². The van der Waals surface area contributed by atoms with Crippen LogP contribution in [-0.4, -0.2) is 65.8 Å². The number of hydrogen-bond donors (Lipinski definition) is 1. The Morgan fingerprint density at radius 2 is 2.00 bits per heavy atom. The van der Waals surface area contributed by atoms with Gasteiger partial charge in [-0.05, 0) is 25.2 Å². The molecule has 0 aromatic heterocycles. The first-order valence-corrected chi connectivity index (χ1v) is 6.93. The number of nitrogens with zero attached hydrogens (tertiary/aromatic N) is 2. The van der Waals surface area contributed by atoms with Crippen LogP contribution in [0.4, 0.5) is 4.79 Å². The first-order valence-electron chi connectivity index (χ1n) is 6.93. The Bertz CT molecular complexity index is 394. The Kier molecular flexibility index (Phi) is 3.12. The van der Waals surface area contributed by atoms with Gasteiger partial charge in [-0.15, -0.1) is 0 Å². The van der Waals surface area contributed by atoms with E-state index in [4.69, 9.17) is 9.84 Å². The van der Waals surface area contributed by atoms with E-state index in [0.29, 0.717) is 18.9 Å². The summed E-state index contributed by atoms with van der Waals surface area (Å²) in [6.07, 6.45) is 2.59. The molecule has 1 saturated carbocycles. The third-order valence-corrected chi connectivity index (χ3v) is 4.71. The van der Waals surface area contributed by atoms with Crippen LogP contribution in [0.5, 0.6) is 0 Å². The lowest BCUT2D eigenvalue weighted by atomic mass is 9.91. The number of hydrogen-bond acceptors (Lipinski definition) is 3. The number of amides is 2. The van der Waals surface area contributed by atoms with Gasteiger partial charge in [0.2, 0.25) is 0 Å². The highest BCUT2D eigenvalue weighted by molar-refractivity contribution is 5.81. The van der Waals surface area contributed by atoms with E-state index in [1.54, 1.807) is 9.80 Å². The molecule has 6 nitrogen and oxygen atoms in total. The highest BCUT2D eigenvalue weighted by Gasteiger charge is 2.53. The molecule has 106 valence electrons. The smallest absolute Gasteiger partial charge is 0.320 e. The van der Waals surface area contributed by atoms with Gasteiger partial charge < -0.3 is 19.6 Å². The molecule has 0 aromatic carbocycles. The van der Waals surface area contributed by atoms with Crippen molar-refractivity contribution in [3.05, 3.63) is 0 Å². The van der Waals surface area contributed by atoms with E-state index in [2.05, 4.69) is 0 Å². The predicted octanol–water partition coefficient (Wildman–Crippen LogP) is 0.622.